The molecule has 132 valence electrons. The summed E-state index contributed by atoms with van der Waals surface area (Å²) in [6, 6.07) is 4.61. The van der Waals surface area contributed by atoms with Gasteiger partial charge in [-0.2, -0.15) is 10.4 Å². The minimum atomic E-state index is -0.612. The van der Waals surface area contributed by atoms with Crippen molar-refractivity contribution in [2.24, 2.45) is 5.92 Å². The van der Waals surface area contributed by atoms with Gasteiger partial charge in [0.25, 0.3) is 0 Å². The lowest BCUT2D eigenvalue weighted by atomic mass is 10.0. The molecule has 2 fully saturated rings. The molecule has 0 bridgehead atoms. The van der Waals surface area contributed by atoms with Gasteiger partial charge < -0.3 is 10.0 Å². The number of anilines is 1. The van der Waals surface area contributed by atoms with Gasteiger partial charge in [0.1, 0.15) is 5.82 Å². The summed E-state index contributed by atoms with van der Waals surface area (Å²) in [4.78, 5) is 9.16. The van der Waals surface area contributed by atoms with E-state index in [-0.39, 0.29) is 5.92 Å². The fourth-order valence-electron chi connectivity index (χ4n) is 4.04. The minimum Gasteiger partial charge on any atom is -0.390 e. The molecule has 1 N–H and O–H groups in total. The average molecular weight is 340 g/mol. The fourth-order valence-corrected chi connectivity index (χ4v) is 4.04. The van der Waals surface area contributed by atoms with Crippen LogP contribution in [0.4, 0.5) is 5.82 Å². The quantitative estimate of drug-likeness (QED) is 0.893. The second kappa shape index (κ2) is 6.28. The Bertz CT molecular complexity index is 825. The molecule has 2 aliphatic rings. The van der Waals surface area contributed by atoms with Gasteiger partial charge in [-0.05, 0) is 33.4 Å². The summed E-state index contributed by atoms with van der Waals surface area (Å²) in [5.41, 5.74) is 2.90. The van der Waals surface area contributed by atoms with Crippen LogP contribution in [0.1, 0.15) is 36.6 Å². The Labute approximate surface area is 147 Å². The first-order valence-electron chi connectivity index (χ1n) is 8.96. The second-order valence-corrected chi connectivity index (χ2v) is 7.32. The maximum Gasteiger partial charge on any atom is 0.157 e. The largest absolute Gasteiger partial charge is 0.390 e. The Morgan fingerprint density at radius 2 is 2.16 bits per heavy atom. The van der Waals surface area contributed by atoms with Crippen LogP contribution in [0.2, 0.25) is 0 Å². The number of nitriles is 1. The van der Waals surface area contributed by atoms with Crippen LogP contribution < -0.4 is 4.90 Å². The summed E-state index contributed by atoms with van der Waals surface area (Å²) in [5.74, 6) is 0.488. The number of nitrogens with zero attached hydrogens (tertiary/aromatic N) is 6. The highest BCUT2D eigenvalue weighted by atomic mass is 16.3. The summed E-state index contributed by atoms with van der Waals surface area (Å²) in [6.07, 6.45) is 5.00. The van der Waals surface area contributed by atoms with Crippen LogP contribution in [0.3, 0.4) is 0 Å². The highest BCUT2D eigenvalue weighted by Crippen LogP contribution is 2.30. The number of aliphatic hydroxyl groups is 1. The number of fused-ring (bicyclic) bond motifs is 1. The molecule has 0 amide bonds. The number of aryl methyl sites for hydroxylation is 1. The number of hydrogen-bond acceptors (Lipinski definition) is 6. The van der Waals surface area contributed by atoms with Crippen molar-refractivity contribution in [2.45, 2.75) is 38.3 Å². The Kier molecular flexibility index (Phi) is 4.10. The summed E-state index contributed by atoms with van der Waals surface area (Å²) in [6.45, 7) is 4.09. The maximum atomic E-state index is 10.0. The molecule has 0 spiro atoms. The van der Waals surface area contributed by atoms with Gasteiger partial charge in [0.05, 0.1) is 29.8 Å². The molecule has 4 heterocycles. The molecule has 0 radical (unpaired) electrons. The van der Waals surface area contributed by atoms with Gasteiger partial charge in [-0.15, -0.1) is 0 Å². The zero-order valence-electron chi connectivity index (χ0n) is 14.8. The molecule has 2 aromatic rings. The van der Waals surface area contributed by atoms with E-state index in [0.717, 1.165) is 35.7 Å². The highest BCUT2D eigenvalue weighted by Gasteiger charge is 2.33. The van der Waals surface area contributed by atoms with Gasteiger partial charge in [0.15, 0.2) is 5.65 Å². The number of aliphatic hydroxyl groups excluding tert-OH is 1. The van der Waals surface area contributed by atoms with Gasteiger partial charge in [0.2, 0.25) is 0 Å². The molecule has 25 heavy (non-hydrogen) atoms. The predicted molar refractivity (Wildman–Crippen MR) is 94.3 cm³/mol. The molecule has 3 unspecified atom stereocenters. The summed E-state index contributed by atoms with van der Waals surface area (Å²) >= 11 is 0. The standard InChI is InChI=1S/C18H24N6O/c1-12-9-24-17(7-14(21-24)15-5-3-4-6-22(15)2)20-18(12)23-10-13(8-19)16(25)11-23/h7,9,13,15-16,25H,3-6,10-11H2,1-2H3. The monoisotopic (exact) mass is 340 g/mol. The van der Waals surface area contributed by atoms with Crippen LogP contribution >= 0.6 is 0 Å². The zero-order valence-corrected chi connectivity index (χ0v) is 14.8. The Hall–Kier alpha value is -2.17. The van der Waals surface area contributed by atoms with E-state index in [2.05, 4.69) is 24.1 Å². The van der Waals surface area contributed by atoms with Crippen LogP contribution in [0, 0.1) is 24.2 Å². The number of likely N-dealkylation sites (tertiary alicyclic amines) is 1. The van der Waals surface area contributed by atoms with E-state index in [4.69, 9.17) is 15.3 Å². The lowest BCUT2D eigenvalue weighted by Gasteiger charge is -2.30. The molecule has 4 rings (SSSR count). The normalized spacial score (nSPS) is 27.8. The number of aromatic nitrogens is 3. The van der Waals surface area contributed by atoms with Gasteiger partial charge in [-0.1, -0.05) is 6.42 Å². The van der Waals surface area contributed by atoms with Gasteiger partial charge in [0, 0.05) is 30.9 Å². The van der Waals surface area contributed by atoms with Crippen LogP contribution in [-0.4, -0.2) is 57.4 Å². The molecular weight excluding hydrogens is 316 g/mol. The number of rotatable bonds is 2. The average Bonchev–Trinajstić information content (AvgIpc) is 3.17. The van der Waals surface area contributed by atoms with Crippen molar-refractivity contribution >= 4 is 11.5 Å². The predicted octanol–water partition coefficient (Wildman–Crippen LogP) is 1.52. The van der Waals surface area contributed by atoms with Crippen LogP contribution in [0.5, 0.6) is 0 Å². The molecule has 2 aromatic heterocycles. The number of hydrogen-bond donors (Lipinski definition) is 1. The molecule has 3 atom stereocenters. The van der Waals surface area contributed by atoms with Crippen molar-refractivity contribution in [1.29, 1.82) is 5.26 Å². The Balaban J connectivity index is 1.67. The van der Waals surface area contributed by atoms with Crippen molar-refractivity contribution in [3.8, 4) is 6.07 Å². The van der Waals surface area contributed by atoms with Crippen molar-refractivity contribution in [3.63, 3.8) is 0 Å². The summed E-state index contributed by atoms with van der Waals surface area (Å²) < 4.78 is 1.85. The van der Waals surface area contributed by atoms with E-state index in [9.17, 15) is 5.11 Å². The second-order valence-electron chi connectivity index (χ2n) is 7.32. The van der Waals surface area contributed by atoms with Crippen LogP contribution in [-0.2, 0) is 0 Å². The molecule has 0 aromatic carbocycles. The van der Waals surface area contributed by atoms with Crippen molar-refractivity contribution < 1.29 is 5.11 Å². The molecule has 7 nitrogen and oxygen atoms in total. The molecule has 2 saturated heterocycles. The zero-order chi connectivity index (χ0) is 17.6. The topological polar surface area (TPSA) is 80.7 Å². The molecule has 0 aliphatic carbocycles. The number of β-amino-alcohol motifs (C(OH)–C–C–N with tert-alkyl or cyclic N) is 1. The number of piperidine rings is 1. The van der Waals surface area contributed by atoms with E-state index < -0.39 is 6.10 Å². The van der Waals surface area contributed by atoms with E-state index in [1.807, 2.05) is 22.5 Å². The first-order chi connectivity index (χ1) is 12.1. The Morgan fingerprint density at radius 1 is 1.32 bits per heavy atom. The highest BCUT2D eigenvalue weighted by molar-refractivity contribution is 5.54. The van der Waals surface area contributed by atoms with E-state index >= 15 is 0 Å². The molecule has 2 aliphatic heterocycles. The molecule has 0 saturated carbocycles. The van der Waals surface area contributed by atoms with Crippen LogP contribution in [0.15, 0.2) is 12.3 Å². The maximum absolute atomic E-state index is 10.0. The van der Waals surface area contributed by atoms with Crippen molar-refractivity contribution in [2.75, 3.05) is 31.6 Å². The fraction of sp³-hybridized carbons (Fsp3) is 0.611. The first kappa shape index (κ1) is 16.3. The van der Waals surface area contributed by atoms with Crippen LogP contribution in [0.25, 0.3) is 5.65 Å². The van der Waals surface area contributed by atoms with E-state index in [0.29, 0.717) is 19.1 Å². The third-order valence-corrected chi connectivity index (χ3v) is 5.49. The summed E-state index contributed by atoms with van der Waals surface area (Å²) in [5, 5.41) is 23.9. The van der Waals surface area contributed by atoms with Gasteiger partial charge in [-0.3, -0.25) is 4.90 Å². The van der Waals surface area contributed by atoms with E-state index in [1.54, 1.807) is 0 Å². The summed E-state index contributed by atoms with van der Waals surface area (Å²) in [7, 11) is 2.16. The molecular formula is C18H24N6O. The lowest BCUT2D eigenvalue weighted by Crippen LogP contribution is -2.29. The molecule has 7 heteroatoms. The van der Waals surface area contributed by atoms with E-state index in [1.165, 1.54) is 12.8 Å². The SMILES string of the molecule is Cc1cn2nc(C3CCCCN3C)cc2nc1N1CC(O)C(C#N)C1. The third-order valence-electron chi connectivity index (χ3n) is 5.49. The smallest absolute Gasteiger partial charge is 0.157 e. The minimum absolute atomic E-state index is 0.353. The first-order valence-corrected chi connectivity index (χ1v) is 8.96. The van der Waals surface area contributed by atoms with Crippen molar-refractivity contribution in [1.82, 2.24) is 19.5 Å². The lowest BCUT2D eigenvalue weighted by molar-refractivity contribution is 0.171. The van der Waals surface area contributed by atoms with Gasteiger partial charge >= 0.3 is 0 Å². The third kappa shape index (κ3) is 2.86. The van der Waals surface area contributed by atoms with Gasteiger partial charge in [-0.25, -0.2) is 9.50 Å². The van der Waals surface area contributed by atoms with Crippen molar-refractivity contribution in [3.05, 3.63) is 23.5 Å². The Morgan fingerprint density at radius 3 is 2.88 bits per heavy atom.